The molecule has 4 rings (SSSR count). The number of carbonyl (C=O) groups excluding carboxylic acids is 1. The van der Waals surface area contributed by atoms with Crippen molar-refractivity contribution in [1.29, 1.82) is 0 Å². The first-order valence-electron chi connectivity index (χ1n) is 10.2. The second-order valence-electron chi connectivity index (χ2n) is 7.80. The largest absolute Gasteiger partial charge is 0.308 e. The van der Waals surface area contributed by atoms with Crippen LogP contribution < -0.4 is 4.90 Å². The molecule has 0 aromatic heterocycles. The molecule has 0 N–H and O–H groups in total. The Bertz CT molecular complexity index is 1230. The molecule has 1 aliphatic heterocycles. The molecule has 32 heavy (non-hydrogen) atoms. The van der Waals surface area contributed by atoms with Crippen LogP contribution in [0.2, 0.25) is 5.02 Å². The van der Waals surface area contributed by atoms with E-state index in [0.717, 1.165) is 27.7 Å². The predicted molar refractivity (Wildman–Crippen MR) is 130 cm³/mol. The molecular formula is C24H22BrClN2O3S. The summed E-state index contributed by atoms with van der Waals surface area (Å²) >= 11 is 9.32. The van der Waals surface area contributed by atoms with Crippen LogP contribution in [-0.2, 0) is 27.8 Å². The monoisotopic (exact) mass is 532 g/mol. The number of carbonyl (C=O) groups is 1. The lowest BCUT2D eigenvalue weighted by atomic mass is 10.1. The Hall–Kier alpha value is -2.19. The van der Waals surface area contributed by atoms with Crippen LogP contribution in [0, 0.1) is 0 Å². The first kappa shape index (κ1) is 23.0. The van der Waals surface area contributed by atoms with Crippen molar-refractivity contribution in [2.75, 3.05) is 11.4 Å². The van der Waals surface area contributed by atoms with E-state index < -0.39 is 10.0 Å². The van der Waals surface area contributed by atoms with Crippen molar-refractivity contribution in [1.82, 2.24) is 4.31 Å². The van der Waals surface area contributed by atoms with Gasteiger partial charge in [-0.25, -0.2) is 8.42 Å². The number of hydrogen-bond acceptors (Lipinski definition) is 3. The Labute approximate surface area is 201 Å². The van der Waals surface area contributed by atoms with Crippen LogP contribution in [0.25, 0.3) is 0 Å². The summed E-state index contributed by atoms with van der Waals surface area (Å²) in [5.41, 5.74) is 2.68. The Morgan fingerprint density at radius 2 is 1.72 bits per heavy atom. The number of para-hydroxylation sites is 1. The number of fused-ring (bicyclic) bond motifs is 1. The van der Waals surface area contributed by atoms with Gasteiger partial charge in [-0.1, -0.05) is 57.9 Å². The lowest BCUT2D eigenvalue weighted by molar-refractivity contribution is -0.119. The Balaban J connectivity index is 1.67. The number of sulfonamides is 1. The van der Waals surface area contributed by atoms with Crippen molar-refractivity contribution < 1.29 is 13.2 Å². The van der Waals surface area contributed by atoms with Gasteiger partial charge >= 0.3 is 0 Å². The Morgan fingerprint density at radius 3 is 2.41 bits per heavy atom. The van der Waals surface area contributed by atoms with Crippen molar-refractivity contribution in [2.24, 2.45) is 0 Å². The van der Waals surface area contributed by atoms with Gasteiger partial charge in [0.2, 0.25) is 15.9 Å². The molecular weight excluding hydrogens is 512 g/mol. The van der Waals surface area contributed by atoms with Crippen molar-refractivity contribution >= 4 is 49.1 Å². The van der Waals surface area contributed by atoms with Crippen LogP contribution in [0.4, 0.5) is 5.69 Å². The molecule has 5 nitrogen and oxygen atoms in total. The third-order valence-corrected chi connectivity index (χ3v) is 8.10. The van der Waals surface area contributed by atoms with Gasteiger partial charge in [-0.3, -0.25) is 4.79 Å². The molecule has 3 aromatic carbocycles. The van der Waals surface area contributed by atoms with E-state index in [1.54, 1.807) is 41.3 Å². The Morgan fingerprint density at radius 1 is 1.06 bits per heavy atom. The van der Waals surface area contributed by atoms with Gasteiger partial charge in [0.15, 0.2) is 0 Å². The maximum absolute atomic E-state index is 13.5. The lowest BCUT2D eigenvalue weighted by Gasteiger charge is -2.27. The summed E-state index contributed by atoms with van der Waals surface area (Å²) in [6, 6.07) is 21.1. The van der Waals surface area contributed by atoms with Gasteiger partial charge in [-0.15, -0.1) is 0 Å². The topological polar surface area (TPSA) is 57.7 Å². The number of hydrogen-bond donors (Lipinski definition) is 0. The maximum Gasteiger partial charge on any atom is 0.243 e. The highest BCUT2D eigenvalue weighted by Crippen LogP contribution is 2.32. The van der Waals surface area contributed by atoms with E-state index >= 15 is 0 Å². The van der Waals surface area contributed by atoms with Crippen molar-refractivity contribution in [3.63, 3.8) is 0 Å². The zero-order valence-electron chi connectivity index (χ0n) is 17.4. The van der Waals surface area contributed by atoms with Crippen LogP contribution in [-0.4, -0.2) is 31.2 Å². The summed E-state index contributed by atoms with van der Waals surface area (Å²) in [5.74, 6) is -0.253. The zero-order chi connectivity index (χ0) is 22.9. The average molecular weight is 534 g/mol. The molecule has 1 atom stereocenters. The number of rotatable bonds is 6. The van der Waals surface area contributed by atoms with E-state index in [1.807, 2.05) is 31.2 Å². The van der Waals surface area contributed by atoms with Gasteiger partial charge in [0.25, 0.3) is 0 Å². The second-order valence-corrected chi connectivity index (χ2v) is 11.1. The first-order valence-corrected chi connectivity index (χ1v) is 12.8. The van der Waals surface area contributed by atoms with Crippen molar-refractivity contribution in [2.45, 2.75) is 30.8 Å². The zero-order valence-corrected chi connectivity index (χ0v) is 20.6. The molecule has 1 heterocycles. The third-order valence-electron chi connectivity index (χ3n) is 5.51. The van der Waals surface area contributed by atoms with E-state index in [4.69, 9.17) is 11.6 Å². The van der Waals surface area contributed by atoms with Crippen molar-refractivity contribution in [3.8, 4) is 0 Å². The smallest absolute Gasteiger partial charge is 0.243 e. The number of anilines is 1. The highest BCUT2D eigenvalue weighted by atomic mass is 79.9. The SMILES string of the molecule is C[C@@H]1Cc2ccccc2N1C(=O)CN(Cc1ccc(Cl)cc1)S(=O)(=O)c1ccc(Br)cc1. The molecule has 0 unspecified atom stereocenters. The highest BCUT2D eigenvalue weighted by Gasteiger charge is 2.34. The minimum Gasteiger partial charge on any atom is -0.308 e. The quantitative estimate of drug-likeness (QED) is 0.434. The van der Waals surface area contributed by atoms with Crippen molar-refractivity contribution in [3.05, 3.63) is 93.4 Å². The number of benzene rings is 3. The molecule has 0 fully saturated rings. The van der Waals surface area contributed by atoms with Crippen LogP contribution in [0.15, 0.2) is 82.2 Å². The van der Waals surface area contributed by atoms with Crippen LogP contribution in [0.5, 0.6) is 0 Å². The summed E-state index contributed by atoms with van der Waals surface area (Å²) in [6.45, 7) is 1.77. The Kier molecular flexibility index (Phi) is 6.72. The summed E-state index contributed by atoms with van der Waals surface area (Å²) in [7, 11) is -3.91. The molecule has 1 amide bonds. The molecule has 8 heteroatoms. The molecule has 0 aliphatic carbocycles. The fraction of sp³-hybridized carbons (Fsp3) is 0.208. The molecule has 0 saturated heterocycles. The summed E-state index contributed by atoms with van der Waals surface area (Å²) in [6.07, 6.45) is 0.749. The highest BCUT2D eigenvalue weighted by molar-refractivity contribution is 9.10. The third kappa shape index (κ3) is 4.76. The molecule has 0 spiro atoms. The normalized spacial score (nSPS) is 15.8. The van der Waals surface area contributed by atoms with Gasteiger partial charge in [-0.05, 0) is 66.9 Å². The average Bonchev–Trinajstić information content (AvgIpc) is 3.10. The number of nitrogens with zero attached hydrogens (tertiary/aromatic N) is 2. The number of halogens is 2. The summed E-state index contributed by atoms with van der Waals surface area (Å²) in [5, 5.41) is 0.564. The van der Waals surface area contributed by atoms with Crippen LogP contribution in [0.1, 0.15) is 18.1 Å². The standard InChI is InChI=1S/C24H22BrClN2O3S/c1-17-14-19-4-2-3-5-23(19)28(17)24(29)16-27(15-18-6-10-21(26)11-7-18)32(30,31)22-12-8-20(25)9-13-22/h2-13,17H,14-16H2,1H3/t17-/m1/s1. The molecule has 0 radical (unpaired) electrons. The second kappa shape index (κ2) is 9.35. The number of amides is 1. The van der Waals surface area contributed by atoms with Gasteiger partial charge in [-0.2, -0.15) is 4.31 Å². The van der Waals surface area contributed by atoms with Crippen LogP contribution in [0.3, 0.4) is 0 Å². The molecule has 0 saturated carbocycles. The van der Waals surface area contributed by atoms with E-state index in [1.165, 1.54) is 16.4 Å². The van der Waals surface area contributed by atoms with E-state index in [2.05, 4.69) is 15.9 Å². The van der Waals surface area contributed by atoms with Gasteiger partial charge in [0, 0.05) is 27.8 Å². The van der Waals surface area contributed by atoms with Gasteiger partial charge < -0.3 is 4.90 Å². The lowest BCUT2D eigenvalue weighted by Crippen LogP contribution is -2.44. The fourth-order valence-electron chi connectivity index (χ4n) is 3.95. The first-order chi connectivity index (χ1) is 15.3. The minimum absolute atomic E-state index is 0.0346. The van der Waals surface area contributed by atoms with E-state index in [-0.39, 0.29) is 29.9 Å². The summed E-state index contributed by atoms with van der Waals surface area (Å²) in [4.78, 5) is 15.2. The van der Waals surface area contributed by atoms with Gasteiger partial charge in [0.05, 0.1) is 11.4 Å². The van der Waals surface area contributed by atoms with E-state index in [0.29, 0.717) is 5.02 Å². The molecule has 1 aliphatic rings. The predicted octanol–water partition coefficient (Wildman–Crippen LogP) is 5.27. The molecule has 3 aromatic rings. The van der Waals surface area contributed by atoms with Gasteiger partial charge in [0.1, 0.15) is 0 Å². The molecule has 166 valence electrons. The molecule has 0 bridgehead atoms. The fourth-order valence-corrected chi connectivity index (χ4v) is 5.72. The summed E-state index contributed by atoms with van der Waals surface area (Å²) < 4.78 is 29.0. The van der Waals surface area contributed by atoms with Crippen LogP contribution >= 0.6 is 27.5 Å². The maximum atomic E-state index is 13.5. The minimum atomic E-state index is -3.91. The van der Waals surface area contributed by atoms with E-state index in [9.17, 15) is 13.2 Å².